The first-order valence-electron chi connectivity index (χ1n) is 7.22. The van der Waals surface area contributed by atoms with Gasteiger partial charge in [0.25, 0.3) is 5.91 Å². The summed E-state index contributed by atoms with van der Waals surface area (Å²) in [6.07, 6.45) is 6.37. The van der Waals surface area contributed by atoms with Gasteiger partial charge in [0, 0.05) is 41.5 Å². The molecule has 0 radical (unpaired) electrons. The van der Waals surface area contributed by atoms with Crippen LogP contribution in [0.1, 0.15) is 15.9 Å². The van der Waals surface area contributed by atoms with Gasteiger partial charge in [-0.05, 0) is 42.0 Å². The first-order chi connectivity index (χ1) is 11.7. The number of hydrogen-bond donors (Lipinski definition) is 2. The fraction of sp³-hybridized carbons (Fsp3) is 0.0588. The Bertz CT molecular complexity index is 807. The molecule has 3 aromatic rings. The average Bonchev–Trinajstić information content (AvgIpc) is 2.63. The Kier molecular flexibility index (Phi) is 5.12. The van der Waals surface area contributed by atoms with Crippen LogP contribution in [0.15, 0.2) is 65.7 Å². The standard InChI is InChI=1S/C17H14BrN5O/c18-14-1-3-15(4-2-14)23-17-21-10-13(11-22-17)16(24)20-9-12-5-7-19-8-6-12/h1-8,10-11H,9H2,(H,20,24)(H,21,22,23). The summed E-state index contributed by atoms with van der Waals surface area (Å²) in [7, 11) is 0. The van der Waals surface area contributed by atoms with Gasteiger partial charge >= 0.3 is 0 Å². The molecule has 2 heterocycles. The topological polar surface area (TPSA) is 79.8 Å². The molecule has 0 aliphatic carbocycles. The van der Waals surface area contributed by atoms with Crippen LogP contribution < -0.4 is 10.6 Å². The van der Waals surface area contributed by atoms with Crippen LogP contribution in [-0.2, 0) is 6.54 Å². The van der Waals surface area contributed by atoms with E-state index in [1.807, 2.05) is 36.4 Å². The van der Waals surface area contributed by atoms with Crippen LogP contribution in [0.3, 0.4) is 0 Å². The summed E-state index contributed by atoms with van der Waals surface area (Å²) < 4.78 is 0.996. The van der Waals surface area contributed by atoms with Gasteiger partial charge in [-0.1, -0.05) is 15.9 Å². The van der Waals surface area contributed by atoms with E-state index in [0.717, 1.165) is 15.7 Å². The van der Waals surface area contributed by atoms with Crippen molar-refractivity contribution in [1.29, 1.82) is 0 Å². The van der Waals surface area contributed by atoms with E-state index in [9.17, 15) is 4.79 Å². The van der Waals surface area contributed by atoms with E-state index in [1.165, 1.54) is 12.4 Å². The summed E-state index contributed by atoms with van der Waals surface area (Å²) in [5, 5.41) is 5.89. The highest BCUT2D eigenvalue weighted by atomic mass is 79.9. The number of benzene rings is 1. The van der Waals surface area contributed by atoms with Crippen LogP contribution in [0, 0.1) is 0 Å². The summed E-state index contributed by atoms with van der Waals surface area (Å²) >= 11 is 3.38. The highest BCUT2D eigenvalue weighted by Crippen LogP contribution is 2.16. The van der Waals surface area contributed by atoms with E-state index in [4.69, 9.17) is 0 Å². The lowest BCUT2D eigenvalue weighted by molar-refractivity contribution is 0.0950. The molecular formula is C17H14BrN5O. The second-order valence-corrected chi connectivity index (χ2v) is 5.88. The monoisotopic (exact) mass is 383 g/mol. The van der Waals surface area contributed by atoms with Gasteiger partial charge in [0.2, 0.25) is 5.95 Å². The maximum absolute atomic E-state index is 12.1. The van der Waals surface area contributed by atoms with Crippen LogP contribution in [0.4, 0.5) is 11.6 Å². The zero-order valence-corrected chi connectivity index (χ0v) is 14.2. The summed E-state index contributed by atoms with van der Waals surface area (Å²) in [6.45, 7) is 0.431. The van der Waals surface area contributed by atoms with Gasteiger partial charge in [-0.2, -0.15) is 0 Å². The smallest absolute Gasteiger partial charge is 0.254 e. The number of amides is 1. The van der Waals surface area contributed by atoms with Crippen LogP contribution in [0.5, 0.6) is 0 Å². The molecule has 7 heteroatoms. The van der Waals surface area contributed by atoms with Crippen molar-refractivity contribution in [2.45, 2.75) is 6.54 Å². The van der Waals surface area contributed by atoms with Crippen LogP contribution >= 0.6 is 15.9 Å². The van der Waals surface area contributed by atoms with Gasteiger partial charge < -0.3 is 10.6 Å². The van der Waals surface area contributed by atoms with Crippen molar-refractivity contribution in [3.63, 3.8) is 0 Å². The van der Waals surface area contributed by atoms with Crippen molar-refractivity contribution in [3.05, 3.63) is 76.8 Å². The largest absolute Gasteiger partial charge is 0.348 e. The minimum atomic E-state index is -0.220. The predicted molar refractivity (Wildman–Crippen MR) is 94.9 cm³/mol. The molecule has 0 atom stereocenters. The Morgan fingerprint density at radius 3 is 2.33 bits per heavy atom. The Hall–Kier alpha value is -2.80. The first kappa shape index (κ1) is 16.1. The summed E-state index contributed by atoms with van der Waals surface area (Å²) in [5.74, 6) is 0.213. The molecule has 6 nitrogen and oxygen atoms in total. The second-order valence-electron chi connectivity index (χ2n) is 4.97. The van der Waals surface area contributed by atoms with Gasteiger partial charge in [-0.15, -0.1) is 0 Å². The highest BCUT2D eigenvalue weighted by molar-refractivity contribution is 9.10. The normalized spacial score (nSPS) is 10.2. The van der Waals surface area contributed by atoms with E-state index < -0.39 is 0 Å². The second kappa shape index (κ2) is 7.65. The molecule has 0 fully saturated rings. The van der Waals surface area contributed by atoms with Crippen molar-refractivity contribution in [2.75, 3.05) is 5.32 Å². The predicted octanol–water partition coefficient (Wildman–Crippen LogP) is 3.31. The third kappa shape index (κ3) is 4.36. The number of nitrogens with zero attached hydrogens (tertiary/aromatic N) is 3. The fourth-order valence-electron chi connectivity index (χ4n) is 1.96. The average molecular weight is 384 g/mol. The zero-order valence-electron chi connectivity index (χ0n) is 12.6. The first-order valence-corrected chi connectivity index (χ1v) is 8.02. The molecule has 0 spiro atoms. The molecule has 2 aromatic heterocycles. The molecule has 0 bridgehead atoms. The molecule has 0 aliphatic rings. The van der Waals surface area contributed by atoms with E-state index in [1.54, 1.807) is 12.4 Å². The maximum atomic E-state index is 12.1. The van der Waals surface area contributed by atoms with Crippen molar-refractivity contribution in [3.8, 4) is 0 Å². The van der Waals surface area contributed by atoms with E-state index in [0.29, 0.717) is 18.1 Å². The molecule has 1 amide bonds. The van der Waals surface area contributed by atoms with Gasteiger partial charge in [-0.25, -0.2) is 9.97 Å². The zero-order chi connectivity index (χ0) is 16.8. The van der Waals surface area contributed by atoms with Gasteiger partial charge in [-0.3, -0.25) is 9.78 Å². The number of carbonyl (C=O) groups excluding carboxylic acids is 1. The quantitative estimate of drug-likeness (QED) is 0.706. The summed E-state index contributed by atoms with van der Waals surface area (Å²) in [6, 6.07) is 11.3. The molecule has 1 aromatic carbocycles. The van der Waals surface area contributed by atoms with Gasteiger partial charge in [0.1, 0.15) is 0 Å². The number of halogens is 1. The Morgan fingerprint density at radius 1 is 1.00 bits per heavy atom. The molecule has 0 saturated heterocycles. The van der Waals surface area contributed by atoms with Gasteiger partial charge in [0.15, 0.2) is 0 Å². The van der Waals surface area contributed by atoms with Crippen LogP contribution in [0.2, 0.25) is 0 Å². The third-order valence-electron chi connectivity index (χ3n) is 3.22. The minimum absolute atomic E-state index is 0.220. The lowest BCUT2D eigenvalue weighted by Gasteiger charge is -2.07. The van der Waals surface area contributed by atoms with Crippen molar-refractivity contribution in [2.24, 2.45) is 0 Å². The lowest BCUT2D eigenvalue weighted by atomic mass is 10.2. The number of aromatic nitrogens is 3. The number of pyridine rings is 1. The highest BCUT2D eigenvalue weighted by Gasteiger charge is 2.07. The molecule has 2 N–H and O–H groups in total. The fourth-order valence-corrected chi connectivity index (χ4v) is 2.22. The number of nitrogens with one attached hydrogen (secondary N) is 2. The number of carbonyl (C=O) groups is 1. The molecule has 0 saturated carbocycles. The Balaban J connectivity index is 1.59. The van der Waals surface area contributed by atoms with Crippen molar-refractivity contribution in [1.82, 2.24) is 20.3 Å². The summed E-state index contributed by atoms with van der Waals surface area (Å²) in [5.41, 5.74) is 2.26. The SMILES string of the molecule is O=C(NCc1ccncc1)c1cnc(Nc2ccc(Br)cc2)nc1. The minimum Gasteiger partial charge on any atom is -0.348 e. The van der Waals surface area contributed by atoms with E-state index in [2.05, 4.69) is 41.5 Å². The molecule has 0 unspecified atom stereocenters. The Labute approximate surface area is 147 Å². The number of anilines is 2. The summed E-state index contributed by atoms with van der Waals surface area (Å²) in [4.78, 5) is 24.4. The van der Waals surface area contributed by atoms with E-state index in [-0.39, 0.29) is 5.91 Å². The molecule has 120 valence electrons. The van der Waals surface area contributed by atoms with E-state index >= 15 is 0 Å². The third-order valence-corrected chi connectivity index (χ3v) is 3.75. The Morgan fingerprint density at radius 2 is 1.67 bits per heavy atom. The number of hydrogen-bond acceptors (Lipinski definition) is 5. The molecule has 3 rings (SSSR count). The van der Waals surface area contributed by atoms with Crippen molar-refractivity contribution >= 4 is 33.5 Å². The lowest BCUT2D eigenvalue weighted by Crippen LogP contribution is -2.23. The van der Waals surface area contributed by atoms with Gasteiger partial charge in [0.05, 0.1) is 5.56 Å². The van der Waals surface area contributed by atoms with Crippen LogP contribution in [-0.4, -0.2) is 20.9 Å². The maximum Gasteiger partial charge on any atom is 0.254 e. The molecular weight excluding hydrogens is 370 g/mol. The van der Waals surface area contributed by atoms with Crippen LogP contribution in [0.25, 0.3) is 0 Å². The number of rotatable bonds is 5. The molecule has 0 aliphatic heterocycles. The van der Waals surface area contributed by atoms with Crippen molar-refractivity contribution < 1.29 is 4.79 Å². The molecule has 24 heavy (non-hydrogen) atoms.